The van der Waals surface area contributed by atoms with E-state index in [0.29, 0.717) is 30.2 Å². The Bertz CT molecular complexity index is 2760. The Labute approximate surface area is 378 Å². The molecular weight excluding hydrogens is 817 g/mol. The van der Waals surface area contributed by atoms with E-state index in [-0.39, 0.29) is 5.97 Å². The normalized spacial score (nSPS) is 11.5. The molecule has 65 heavy (non-hydrogen) atoms. The molecule has 0 radical (unpaired) electrons. The van der Waals surface area contributed by atoms with Gasteiger partial charge in [-0.15, -0.1) is 0 Å². The van der Waals surface area contributed by atoms with Gasteiger partial charge in [0.2, 0.25) is 0 Å². The minimum Gasteiger partial charge on any atom is -0.497 e. The first-order valence-corrected chi connectivity index (χ1v) is 20.8. The van der Waals surface area contributed by atoms with Crippen molar-refractivity contribution in [2.45, 2.75) is 24.9 Å². The number of hydrogen-bond acceptors (Lipinski definition) is 11. The number of rotatable bonds is 16. The van der Waals surface area contributed by atoms with Crippen molar-refractivity contribution in [1.29, 1.82) is 0 Å². The number of carbonyl (C=O) groups is 2. The van der Waals surface area contributed by atoms with Crippen LogP contribution in [0.5, 0.6) is 11.5 Å². The lowest BCUT2D eigenvalue weighted by molar-refractivity contribution is -0.141. The highest BCUT2D eigenvalue weighted by Crippen LogP contribution is 2.28. The Morgan fingerprint density at radius 1 is 0.477 bits per heavy atom. The molecule has 0 spiro atoms. The van der Waals surface area contributed by atoms with Gasteiger partial charge in [0.25, 0.3) is 0 Å². The number of ether oxygens (including phenoxy) is 3. The Kier molecular flexibility index (Phi) is 15.2. The Balaban J connectivity index is 0.000000194. The second kappa shape index (κ2) is 22.1. The maximum Gasteiger partial charge on any atom is 0.328 e. The second-order valence-electron chi connectivity index (χ2n) is 14.8. The molecule has 0 saturated heterocycles. The van der Waals surface area contributed by atoms with E-state index in [4.69, 9.17) is 14.2 Å². The van der Waals surface area contributed by atoms with Crippen LogP contribution in [0.2, 0.25) is 0 Å². The summed E-state index contributed by atoms with van der Waals surface area (Å²) in [4.78, 5) is 41.4. The van der Waals surface area contributed by atoms with Gasteiger partial charge in [0.1, 0.15) is 47.9 Å². The van der Waals surface area contributed by atoms with Crippen LogP contribution < -0.4 is 20.1 Å². The summed E-state index contributed by atoms with van der Waals surface area (Å²) in [6.45, 7) is 0. The molecule has 6 aromatic carbocycles. The minimum atomic E-state index is -0.933. The number of carboxylic acids is 1. The van der Waals surface area contributed by atoms with Crippen LogP contribution in [0.4, 0.5) is 11.6 Å². The summed E-state index contributed by atoms with van der Waals surface area (Å²) in [5.74, 6) is 1.40. The minimum absolute atomic E-state index is 0.345. The first kappa shape index (κ1) is 44.7. The maximum atomic E-state index is 12.4. The summed E-state index contributed by atoms with van der Waals surface area (Å²) in [5.41, 5.74) is 9.70. The van der Waals surface area contributed by atoms with Gasteiger partial charge < -0.3 is 30.0 Å². The van der Waals surface area contributed by atoms with Crippen LogP contribution in [-0.2, 0) is 27.2 Å². The van der Waals surface area contributed by atoms with Crippen LogP contribution in [0.15, 0.2) is 183 Å². The molecule has 2 aromatic heterocycles. The van der Waals surface area contributed by atoms with Gasteiger partial charge in [-0.05, 0) is 57.6 Å². The van der Waals surface area contributed by atoms with Gasteiger partial charge in [-0.3, -0.25) is 0 Å². The van der Waals surface area contributed by atoms with Crippen LogP contribution in [0.3, 0.4) is 0 Å². The van der Waals surface area contributed by atoms with Crippen molar-refractivity contribution >= 4 is 23.6 Å². The van der Waals surface area contributed by atoms with Gasteiger partial charge in [-0.2, -0.15) is 0 Å². The molecule has 12 heteroatoms. The summed E-state index contributed by atoms with van der Waals surface area (Å²) >= 11 is 0. The number of nitrogens with zero attached hydrogens (tertiary/aromatic N) is 4. The molecule has 2 atom stereocenters. The van der Waals surface area contributed by atoms with Crippen molar-refractivity contribution in [3.8, 4) is 56.3 Å². The summed E-state index contributed by atoms with van der Waals surface area (Å²) in [5, 5.41) is 15.9. The van der Waals surface area contributed by atoms with Gasteiger partial charge in [0.05, 0.1) is 32.7 Å². The number of carbonyl (C=O) groups excluding carboxylic acids is 1. The van der Waals surface area contributed by atoms with Gasteiger partial charge in [0, 0.05) is 36.1 Å². The maximum absolute atomic E-state index is 12.4. The first-order valence-electron chi connectivity index (χ1n) is 20.8. The van der Waals surface area contributed by atoms with Crippen molar-refractivity contribution in [2.75, 3.05) is 32.0 Å². The lowest BCUT2D eigenvalue weighted by Gasteiger charge is -2.17. The summed E-state index contributed by atoms with van der Waals surface area (Å²) in [6, 6.07) is 53.6. The summed E-state index contributed by atoms with van der Waals surface area (Å²) in [6.07, 6.45) is 3.78. The molecule has 0 amide bonds. The van der Waals surface area contributed by atoms with Gasteiger partial charge in [-0.25, -0.2) is 29.5 Å². The molecule has 8 rings (SSSR count). The zero-order valence-corrected chi connectivity index (χ0v) is 36.2. The molecule has 0 aliphatic heterocycles. The molecule has 12 nitrogen and oxygen atoms in total. The molecule has 0 aliphatic carbocycles. The highest BCUT2D eigenvalue weighted by molar-refractivity contribution is 5.80. The van der Waals surface area contributed by atoms with Crippen molar-refractivity contribution < 1.29 is 28.9 Å². The van der Waals surface area contributed by atoms with Crippen LogP contribution >= 0.6 is 0 Å². The summed E-state index contributed by atoms with van der Waals surface area (Å²) < 4.78 is 15.4. The molecule has 0 fully saturated rings. The Morgan fingerprint density at radius 2 is 0.831 bits per heavy atom. The molecule has 3 N–H and O–H groups in total. The third-order valence-electron chi connectivity index (χ3n) is 10.5. The fourth-order valence-corrected chi connectivity index (χ4v) is 7.01. The van der Waals surface area contributed by atoms with Gasteiger partial charge in [-0.1, -0.05) is 133 Å². The van der Waals surface area contributed by atoms with Crippen LogP contribution in [0, 0.1) is 0 Å². The smallest absolute Gasteiger partial charge is 0.328 e. The number of esters is 1. The Morgan fingerprint density at radius 3 is 1.20 bits per heavy atom. The molecule has 326 valence electrons. The predicted molar refractivity (Wildman–Crippen MR) is 254 cm³/mol. The van der Waals surface area contributed by atoms with Crippen LogP contribution in [0.25, 0.3) is 44.8 Å². The van der Waals surface area contributed by atoms with E-state index in [1.165, 1.54) is 19.8 Å². The number of carboxylic acid groups (broad SMARTS) is 1. The molecule has 0 saturated carbocycles. The van der Waals surface area contributed by atoms with E-state index >= 15 is 0 Å². The van der Waals surface area contributed by atoms with Crippen LogP contribution in [-0.4, -0.2) is 70.4 Å². The predicted octanol–water partition coefficient (Wildman–Crippen LogP) is 9.94. The average Bonchev–Trinajstić information content (AvgIpc) is 3.37. The standard InChI is InChI=1S/C27H25N3O3.C26H23N3O3/c1-32-23-14-12-21(13-15-23)20-8-10-22(11-9-20)24-17-26(29-18-28-24)30-25(27(31)33-2)16-19-6-4-3-5-7-19;1-32-22-13-11-20(12-14-22)19-7-9-21(10-8-19)23-16-25(28-17-27-23)29-24(26(30)31)15-18-5-3-2-4-6-18/h3-15,17-18,25H,16H2,1-2H3,(H,28,29,30);2-14,16-17,24H,15H2,1H3,(H,30,31)(H,27,28,29). The van der Waals surface area contributed by atoms with Gasteiger partial charge in [0.15, 0.2) is 0 Å². The largest absolute Gasteiger partial charge is 0.497 e. The fraction of sp³-hybridized carbons (Fsp3) is 0.132. The average molecular weight is 865 g/mol. The first-order chi connectivity index (χ1) is 31.8. The quantitative estimate of drug-likeness (QED) is 0.0791. The molecular formula is C53H48N6O6. The van der Waals surface area contributed by atoms with Crippen molar-refractivity contribution in [3.05, 3.63) is 194 Å². The number of nitrogens with one attached hydrogen (secondary N) is 2. The van der Waals surface area contributed by atoms with E-state index < -0.39 is 18.1 Å². The number of methoxy groups -OCH3 is 3. The van der Waals surface area contributed by atoms with E-state index in [1.807, 2.05) is 152 Å². The Hall–Kier alpha value is -8.38. The molecule has 2 unspecified atom stereocenters. The zero-order valence-electron chi connectivity index (χ0n) is 36.2. The molecule has 8 aromatic rings. The molecule has 0 aliphatic rings. The lowest BCUT2D eigenvalue weighted by Crippen LogP contribution is -2.33. The lowest BCUT2D eigenvalue weighted by atomic mass is 10.0. The number of hydrogen-bond donors (Lipinski definition) is 3. The van der Waals surface area contributed by atoms with Gasteiger partial charge >= 0.3 is 11.9 Å². The highest BCUT2D eigenvalue weighted by atomic mass is 16.5. The summed E-state index contributed by atoms with van der Waals surface area (Å²) in [7, 11) is 4.69. The van der Waals surface area contributed by atoms with E-state index in [0.717, 1.165) is 61.7 Å². The van der Waals surface area contributed by atoms with E-state index in [9.17, 15) is 14.7 Å². The monoisotopic (exact) mass is 864 g/mol. The SMILES string of the molecule is COC(=O)C(Cc1ccccc1)Nc1cc(-c2ccc(-c3ccc(OC)cc3)cc2)ncn1.COc1ccc(-c2ccc(-c3cc(NC(Cc4ccccc4)C(=O)O)ncn3)cc2)cc1. The number of benzene rings is 6. The number of aromatic nitrogens is 4. The fourth-order valence-electron chi connectivity index (χ4n) is 7.01. The van der Waals surface area contributed by atoms with E-state index in [2.05, 4.69) is 42.7 Å². The third kappa shape index (κ3) is 12.4. The second-order valence-corrected chi connectivity index (χ2v) is 14.8. The van der Waals surface area contributed by atoms with Crippen molar-refractivity contribution in [1.82, 2.24) is 19.9 Å². The highest BCUT2D eigenvalue weighted by Gasteiger charge is 2.21. The number of aliphatic carboxylic acids is 1. The third-order valence-corrected chi connectivity index (χ3v) is 10.5. The zero-order chi connectivity index (χ0) is 45.4. The number of anilines is 2. The van der Waals surface area contributed by atoms with E-state index in [1.54, 1.807) is 20.3 Å². The molecule has 2 heterocycles. The molecule has 0 bridgehead atoms. The van der Waals surface area contributed by atoms with Crippen molar-refractivity contribution in [2.24, 2.45) is 0 Å². The van der Waals surface area contributed by atoms with Crippen LogP contribution in [0.1, 0.15) is 11.1 Å². The van der Waals surface area contributed by atoms with Crippen molar-refractivity contribution in [3.63, 3.8) is 0 Å². The topological polar surface area (TPSA) is 158 Å².